The van der Waals surface area contributed by atoms with Gasteiger partial charge in [0.25, 0.3) is 5.92 Å². The second-order valence-electron chi connectivity index (χ2n) is 7.92. The molecule has 26 heavy (non-hydrogen) atoms. The molecule has 5 nitrogen and oxygen atoms in total. The SMILES string of the molecule is O=C(Cc1ccccn1)N1CC[C@@]2(CCC[C@H]2C(=O)N2CC(F)(F)C2)C1. The molecule has 3 heterocycles. The molecule has 2 saturated heterocycles. The molecule has 1 aliphatic carbocycles. The van der Waals surface area contributed by atoms with Crippen LogP contribution in [0.15, 0.2) is 24.4 Å². The maximum Gasteiger partial charge on any atom is 0.282 e. The first-order valence-electron chi connectivity index (χ1n) is 9.23. The summed E-state index contributed by atoms with van der Waals surface area (Å²) in [6.45, 7) is 0.270. The number of amides is 2. The summed E-state index contributed by atoms with van der Waals surface area (Å²) >= 11 is 0. The summed E-state index contributed by atoms with van der Waals surface area (Å²) in [7, 11) is 0. The van der Waals surface area contributed by atoms with Gasteiger partial charge < -0.3 is 9.80 Å². The van der Waals surface area contributed by atoms with Crippen LogP contribution in [0.2, 0.25) is 0 Å². The quantitative estimate of drug-likeness (QED) is 0.827. The lowest BCUT2D eigenvalue weighted by Crippen LogP contribution is -2.60. The number of hydrogen-bond acceptors (Lipinski definition) is 3. The van der Waals surface area contributed by atoms with Gasteiger partial charge >= 0.3 is 0 Å². The van der Waals surface area contributed by atoms with Crippen molar-refractivity contribution in [3.05, 3.63) is 30.1 Å². The van der Waals surface area contributed by atoms with Crippen molar-refractivity contribution in [2.24, 2.45) is 11.3 Å². The molecule has 0 aromatic carbocycles. The summed E-state index contributed by atoms with van der Waals surface area (Å²) in [4.78, 5) is 32.6. The molecule has 2 aliphatic heterocycles. The molecular weight excluding hydrogens is 340 g/mol. The third-order valence-electron chi connectivity index (χ3n) is 6.16. The van der Waals surface area contributed by atoms with Gasteiger partial charge in [0.2, 0.25) is 11.8 Å². The molecule has 1 spiro atoms. The van der Waals surface area contributed by atoms with Crippen molar-refractivity contribution in [3.8, 4) is 0 Å². The molecular formula is C19H23F2N3O2. The zero-order chi connectivity index (χ0) is 18.4. The number of aromatic nitrogens is 1. The minimum absolute atomic E-state index is 0.0224. The molecule has 3 fully saturated rings. The Kier molecular flexibility index (Phi) is 4.20. The van der Waals surface area contributed by atoms with E-state index in [1.54, 1.807) is 6.20 Å². The van der Waals surface area contributed by atoms with Gasteiger partial charge in [0.1, 0.15) is 0 Å². The van der Waals surface area contributed by atoms with Crippen molar-refractivity contribution >= 4 is 11.8 Å². The number of rotatable bonds is 3. The second kappa shape index (κ2) is 6.28. The van der Waals surface area contributed by atoms with Gasteiger partial charge in [-0.25, -0.2) is 8.78 Å². The molecule has 7 heteroatoms. The van der Waals surface area contributed by atoms with Crippen molar-refractivity contribution in [2.45, 2.75) is 38.0 Å². The summed E-state index contributed by atoms with van der Waals surface area (Å²) in [5.41, 5.74) is 0.502. The minimum Gasteiger partial charge on any atom is -0.342 e. The van der Waals surface area contributed by atoms with Crippen LogP contribution in [0, 0.1) is 11.3 Å². The molecule has 1 aromatic rings. The van der Waals surface area contributed by atoms with E-state index in [4.69, 9.17) is 0 Å². The number of pyridine rings is 1. The zero-order valence-corrected chi connectivity index (χ0v) is 14.7. The Labute approximate surface area is 151 Å². The maximum absolute atomic E-state index is 13.1. The van der Waals surface area contributed by atoms with Gasteiger partial charge in [0.05, 0.1) is 19.5 Å². The maximum atomic E-state index is 13.1. The second-order valence-corrected chi connectivity index (χ2v) is 7.92. The molecule has 3 aliphatic rings. The van der Waals surface area contributed by atoms with Crippen molar-refractivity contribution in [3.63, 3.8) is 0 Å². The highest BCUT2D eigenvalue weighted by atomic mass is 19.3. The fourth-order valence-electron chi connectivity index (χ4n) is 4.78. The van der Waals surface area contributed by atoms with E-state index in [9.17, 15) is 18.4 Å². The summed E-state index contributed by atoms with van der Waals surface area (Å²) in [5.74, 6) is -3.09. The Bertz CT molecular complexity index is 704. The van der Waals surface area contributed by atoms with E-state index in [0.29, 0.717) is 13.1 Å². The number of likely N-dealkylation sites (tertiary alicyclic amines) is 2. The Balaban J connectivity index is 1.41. The molecule has 1 aromatic heterocycles. The molecule has 0 bridgehead atoms. The summed E-state index contributed by atoms with van der Waals surface area (Å²) < 4.78 is 26.3. The third kappa shape index (κ3) is 3.08. The van der Waals surface area contributed by atoms with Gasteiger partial charge in [-0.1, -0.05) is 12.5 Å². The van der Waals surface area contributed by atoms with E-state index >= 15 is 0 Å². The molecule has 2 atom stereocenters. The van der Waals surface area contributed by atoms with E-state index < -0.39 is 19.0 Å². The largest absolute Gasteiger partial charge is 0.342 e. The van der Waals surface area contributed by atoms with E-state index in [2.05, 4.69) is 4.98 Å². The van der Waals surface area contributed by atoms with Crippen LogP contribution in [0.25, 0.3) is 0 Å². The van der Waals surface area contributed by atoms with Crippen LogP contribution in [-0.4, -0.2) is 58.7 Å². The monoisotopic (exact) mass is 363 g/mol. The van der Waals surface area contributed by atoms with Gasteiger partial charge in [0, 0.05) is 36.3 Å². The van der Waals surface area contributed by atoms with Crippen molar-refractivity contribution in [2.75, 3.05) is 26.2 Å². The van der Waals surface area contributed by atoms with E-state index in [1.807, 2.05) is 23.1 Å². The van der Waals surface area contributed by atoms with Crippen LogP contribution in [0.1, 0.15) is 31.4 Å². The lowest BCUT2D eigenvalue weighted by Gasteiger charge is -2.42. The normalized spacial score (nSPS) is 29.8. The Morgan fingerprint density at radius 2 is 1.96 bits per heavy atom. The molecule has 2 amide bonds. The minimum atomic E-state index is -2.73. The average molecular weight is 363 g/mol. The molecule has 0 radical (unpaired) electrons. The number of nitrogens with zero attached hydrogens (tertiary/aromatic N) is 3. The molecule has 0 N–H and O–H groups in total. The van der Waals surface area contributed by atoms with E-state index in [-0.39, 0.29) is 29.6 Å². The lowest BCUT2D eigenvalue weighted by molar-refractivity contribution is -0.172. The Morgan fingerprint density at radius 3 is 2.65 bits per heavy atom. The number of carbonyl (C=O) groups excluding carboxylic acids is 2. The summed E-state index contributed by atoms with van der Waals surface area (Å²) in [6, 6.07) is 5.50. The van der Waals surface area contributed by atoms with Crippen LogP contribution in [0.5, 0.6) is 0 Å². The highest BCUT2D eigenvalue weighted by Gasteiger charge is 2.55. The fraction of sp³-hybridized carbons (Fsp3) is 0.632. The predicted molar refractivity (Wildman–Crippen MR) is 90.4 cm³/mol. The number of halogens is 2. The fourth-order valence-corrected chi connectivity index (χ4v) is 4.78. The smallest absolute Gasteiger partial charge is 0.282 e. The van der Waals surface area contributed by atoms with Crippen molar-refractivity contribution < 1.29 is 18.4 Å². The lowest BCUT2D eigenvalue weighted by atomic mass is 9.76. The predicted octanol–water partition coefficient (Wildman–Crippen LogP) is 2.12. The van der Waals surface area contributed by atoms with E-state index in [0.717, 1.165) is 31.4 Å². The topological polar surface area (TPSA) is 53.5 Å². The van der Waals surface area contributed by atoms with Crippen LogP contribution in [-0.2, 0) is 16.0 Å². The van der Waals surface area contributed by atoms with Crippen LogP contribution in [0.4, 0.5) is 8.78 Å². The van der Waals surface area contributed by atoms with Crippen LogP contribution in [0.3, 0.4) is 0 Å². The third-order valence-corrected chi connectivity index (χ3v) is 6.16. The van der Waals surface area contributed by atoms with Crippen LogP contribution >= 0.6 is 0 Å². The summed E-state index contributed by atoms with van der Waals surface area (Å²) in [6.07, 6.45) is 5.26. The molecule has 0 unspecified atom stereocenters. The molecule has 4 rings (SSSR count). The summed E-state index contributed by atoms with van der Waals surface area (Å²) in [5, 5.41) is 0. The van der Waals surface area contributed by atoms with Gasteiger partial charge in [-0.2, -0.15) is 0 Å². The average Bonchev–Trinajstić information content (AvgIpc) is 3.20. The van der Waals surface area contributed by atoms with Gasteiger partial charge in [-0.05, 0) is 31.4 Å². The first-order chi connectivity index (χ1) is 12.4. The zero-order valence-electron chi connectivity index (χ0n) is 14.7. The number of carbonyl (C=O) groups is 2. The van der Waals surface area contributed by atoms with E-state index in [1.165, 1.54) is 4.90 Å². The first-order valence-corrected chi connectivity index (χ1v) is 9.23. The Morgan fingerprint density at radius 1 is 1.15 bits per heavy atom. The highest BCUT2D eigenvalue weighted by molar-refractivity contribution is 5.82. The standard InChI is InChI=1S/C19H23F2N3O2/c20-19(21)12-24(13-19)17(26)15-5-3-6-18(15)7-9-23(11-18)16(25)10-14-4-1-2-8-22-14/h1-2,4,8,15H,3,5-7,9-13H2/t15-,18-/m0/s1. The van der Waals surface area contributed by atoms with Crippen molar-refractivity contribution in [1.82, 2.24) is 14.8 Å². The molecule has 1 saturated carbocycles. The van der Waals surface area contributed by atoms with Gasteiger partial charge in [-0.3, -0.25) is 14.6 Å². The highest BCUT2D eigenvalue weighted by Crippen LogP contribution is 2.51. The Hall–Kier alpha value is -2.05. The molecule has 140 valence electrons. The number of alkyl halides is 2. The van der Waals surface area contributed by atoms with Crippen LogP contribution < -0.4 is 0 Å². The number of hydrogen-bond donors (Lipinski definition) is 0. The first kappa shape index (κ1) is 17.4. The van der Waals surface area contributed by atoms with Gasteiger partial charge in [-0.15, -0.1) is 0 Å². The van der Waals surface area contributed by atoms with Gasteiger partial charge in [0.15, 0.2) is 0 Å². The van der Waals surface area contributed by atoms with Crippen molar-refractivity contribution in [1.29, 1.82) is 0 Å².